The molecule has 0 aliphatic heterocycles. The second-order valence-corrected chi connectivity index (χ2v) is 4.47. The van der Waals surface area contributed by atoms with E-state index in [4.69, 9.17) is 5.73 Å². The second-order valence-electron chi connectivity index (χ2n) is 4.47. The van der Waals surface area contributed by atoms with E-state index in [9.17, 15) is 0 Å². The van der Waals surface area contributed by atoms with Crippen LogP contribution in [-0.2, 0) is 6.54 Å². The maximum Gasteiger partial charge on any atom is 0.0568 e. The monoisotopic (exact) mass is 215 g/mol. The van der Waals surface area contributed by atoms with Crippen molar-refractivity contribution in [1.29, 1.82) is 0 Å². The predicted octanol–water partition coefficient (Wildman–Crippen LogP) is 2.79. The minimum absolute atomic E-state index is 0.605. The zero-order valence-electron chi connectivity index (χ0n) is 9.72. The number of anilines is 1. The van der Waals surface area contributed by atoms with Crippen LogP contribution in [0.3, 0.4) is 0 Å². The van der Waals surface area contributed by atoms with Gasteiger partial charge in [-0.2, -0.15) is 5.10 Å². The van der Waals surface area contributed by atoms with E-state index in [1.807, 2.05) is 35.1 Å². The summed E-state index contributed by atoms with van der Waals surface area (Å²) < 4.78 is 1.98. The predicted molar refractivity (Wildman–Crippen MR) is 66.9 cm³/mol. The molecule has 0 unspecified atom stereocenters. The number of nitrogens with zero attached hydrogens (tertiary/aromatic N) is 2. The molecule has 0 radical (unpaired) electrons. The molecule has 0 saturated heterocycles. The lowest BCUT2D eigenvalue weighted by molar-refractivity contribution is 0.483. The molecule has 1 aromatic heterocycles. The molecule has 0 bridgehead atoms. The van der Waals surface area contributed by atoms with Crippen LogP contribution in [0.1, 0.15) is 13.8 Å². The molecule has 2 rings (SSSR count). The molecule has 0 aliphatic carbocycles. The van der Waals surface area contributed by atoms with E-state index in [2.05, 4.69) is 25.1 Å². The van der Waals surface area contributed by atoms with E-state index in [1.165, 1.54) is 0 Å². The first-order valence-corrected chi connectivity index (χ1v) is 5.53. The van der Waals surface area contributed by atoms with Crippen LogP contribution in [0.2, 0.25) is 0 Å². The molecule has 0 amide bonds. The third-order valence-corrected chi connectivity index (χ3v) is 2.41. The minimum Gasteiger partial charge on any atom is -0.399 e. The summed E-state index contributed by atoms with van der Waals surface area (Å²) >= 11 is 0. The van der Waals surface area contributed by atoms with Crippen LogP contribution in [0, 0.1) is 5.92 Å². The van der Waals surface area contributed by atoms with Gasteiger partial charge in [-0.25, -0.2) is 0 Å². The van der Waals surface area contributed by atoms with Gasteiger partial charge in [-0.05, 0) is 23.6 Å². The zero-order chi connectivity index (χ0) is 11.5. The van der Waals surface area contributed by atoms with Crippen molar-refractivity contribution in [3.8, 4) is 11.1 Å². The van der Waals surface area contributed by atoms with Crippen LogP contribution in [0.25, 0.3) is 11.1 Å². The van der Waals surface area contributed by atoms with Crippen molar-refractivity contribution in [1.82, 2.24) is 9.78 Å². The summed E-state index contributed by atoms with van der Waals surface area (Å²) in [4.78, 5) is 0. The van der Waals surface area contributed by atoms with Crippen molar-refractivity contribution in [2.75, 3.05) is 5.73 Å². The summed E-state index contributed by atoms with van der Waals surface area (Å²) in [5.74, 6) is 0.605. The van der Waals surface area contributed by atoms with Gasteiger partial charge < -0.3 is 5.73 Å². The van der Waals surface area contributed by atoms with Gasteiger partial charge in [0.15, 0.2) is 0 Å². The van der Waals surface area contributed by atoms with Crippen molar-refractivity contribution in [2.45, 2.75) is 20.4 Å². The van der Waals surface area contributed by atoms with Gasteiger partial charge in [-0.15, -0.1) is 0 Å². The fourth-order valence-electron chi connectivity index (χ4n) is 1.70. The Bertz CT molecular complexity index is 472. The molecule has 1 heterocycles. The van der Waals surface area contributed by atoms with Gasteiger partial charge in [-0.3, -0.25) is 4.68 Å². The molecular weight excluding hydrogens is 198 g/mol. The molecule has 0 atom stereocenters. The summed E-state index contributed by atoms with van der Waals surface area (Å²) in [6, 6.07) is 7.87. The van der Waals surface area contributed by atoms with Gasteiger partial charge in [-0.1, -0.05) is 26.0 Å². The second kappa shape index (κ2) is 4.39. The van der Waals surface area contributed by atoms with Gasteiger partial charge in [0.1, 0.15) is 0 Å². The first kappa shape index (κ1) is 10.7. The average molecular weight is 215 g/mol. The Balaban J connectivity index is 2.24. The molecule has 0 fully saturated rings. The maximum absolute atomic E-state index is 5.76. The van der Waals surface area contributed by atoms with Gasteiger partial charge in [0, 0.05) is 24.0 Å². The summed E-state index contributed by atoms with van der Waals surface area (Å²) in [5.41, 5.74) is 8.78. The highest BCUT2D eigenvalue weighted by Crippen LogP contribution is 2.20. The number of nitrogen functional groups attached to an aromatic ring is 1. The van der Waals surface area contributed by atoms with Crippen LogP contribution < -0.4 is 5.73 Å². The Kier molecular flexibility index (Phi) is 2.95. The molecule has 0 saturated carbocycles. The highest BCUT2D eigenvalue weighted by molar-refractivity contribution is 5.65. The minimum atomic E-state index is 0.605. The topological polar surface area (TPSA) is 43.8 Å². The van der Waals surface area contributed by atoms with Crippen LogP contribution in [-0.4, -0.2) is 9.78 Å². The Labute approximate surface area is 95.9 Å². The van der Waals surface area contributed by atoms with E-state index in [-0.39, 0.29) is 0 Å². The molecule has 84 valence electrons. The molecule has 2 aromatic rings. The van der Waals surface area contributed by atoms with Crippen molar-refractivity contribution in [3.05, 3.63) is 36.7 Å². The van der Waals surface area contributed by atoms with Crippen molar-refractivity contribution >= 4 is 5.69 Å². The van der Waals surface area contributed by atoms with Crippen molar-refractivity contribution < 1.29 is 0 Å². The number of hydrogen-bond acceptors (Lipinski definition) is 2. The molecule has 0 aliphatic rings. The molecule has 3 heteroatoms. The summed E-state index contributed by atoms with van der Waals surface area (Å²) in [7, 11) is 0. The largest absolute Gasteiger partial charge is 0.399 e. The maximum atomic E-state index is 5.76. The van der Waals surface area contributed by atoms with Gasteiger partial charge >= 0.3 is 0 Å². The third-order valence-electron chi connectivity index (χ3n) is 2.41. The van der Waals surface area contributed by atoms with E-state index >= 15 is 0 Å². The normalized spacial score (nSPS) is 10.9. The van der Waals surface area contributed by atoms with E-state index < -0.39 is 0 Å². The lowest BCUT2D eigenvalue weighted by Gasteiger charge is -2.03. The fourth-order valence-corrected chi connectivity index (χ4v) is 1.70. The average Bonchev–Trinajstić information content (AvgIpc) is 2.65. The molecule has 1 aromatic carbocycles. The van der Waals surface area contributed by atoms with E-state index in [1.54, 1.807) is 0 Å². The quantitative estimate of drug-likeness (QED) is 0.800. The Morgan fingerprint density at radius 2 is 2.12 bits per heavy atom. The van der Waals surface area contributed by atoms with Crippen molar-refractivity contribution in [2.24, 2.45) is 5.92 Å². The number of benzene rings is 1. The Morgan fingerprint density at radius 3 is 2.81 bits per heavy atom. The lowest BCUT2D eigenvalue weighted by atomic mass is 10.1. The van der Waals surface area contributed by atoms with Crippen LogP contribution >= 0.6 is 0 Å². The number of nitrogens with two attached hydrogens (primary N) is 1. The fraction of sp³-hybridized carbons (Fsp3) is 0.308. The summed E-state index contributed by atoms with van der Waals surface area (Å²) in [6.07, 6.45) is 3.95. The number of hydrogen-bond donors (Lipinski definition) is 1. The summed E-state index contributed by atoms with van der Waals surface area (Å²) in [6.45, 7) is 5.31. The SMILES string of the molecule is CC(C)Cn1cc(-c2cccc(N)c2)cn1. The number of rotatable bonds is 3. The molecule has 16 heavy (non-hydrogen) atoms. The van der Waals surface area contributed by atoms with Crippen molar-refractivity contribution in [3.63, 3.8) is 0 Å². The molecular formula is C13H17N3. The molecule has 0 spiro atoms. The zero-order valence-corrected chi connectivity index (χ0v) is 9.72. The van der Waals surface area contributed by atoms with Crippen LogP contribution in [0.4, 0.5) is 5.69 Å². The standard InChI is InChI=1S/C13H17N3/c1-10(2)8-16-9-12(7-15-16)11-4-3-5-13(14)6-11/h3-7,9-10H,8,14H2,1-2H3. The lowest BCUT2D eigenvalue weighted by Crippen LogP contribution is -2.03. The third kappa shape index (κ3) is 2.42. The van der Waals surface area contributed by atoms with Gasteiger partial charge in [0.25, 0.3) is 0 Å². The van der Waals surface area contributed by atoms with E-state index in [0.717, 1.165) is 23.4 Å². The van der Waals surface area contributed by atoms with Gasteiger partial charge in [0.05, 0.1) is 6.20 Å². The molecule has 3 nitrogen and oxygen atoms in total. The molecule has 2 N–H and O–H groups in total. The van der Waals surface area contributed by atoms with E-state index in [0.29, 0.717) is 5.92 Å². The first-order valence-electron chi connectivity index (χ1n) is 5.53. The van der Waals surface area contributed by atoms with Gasteiger partial charge in [0.2, 0.25) is 0 Å². The van der Waals surface area contributed by atoms with Crippen LogP contribution in [0.5, 0.6) is 0 Å². The highest BCUT2D eigenvalue weighted by Gasteiger charge is 2.03. The smallest absolute Gasteiger partial charge is 0.0568 e. The van der Waals surface area contributed by atoms with Crippen LogP contribution in [0.15, 0.2) is 36.7 Å². The Hall–Kier alpha value is -1.77. The highest BCUT2D eigenvalue weighted by atomic mass is 15.3. The Morgan fingerprint density at radius 1 is 1.31 bits per heavy atom. The first-order chi connectivity index (χ1) is 7.65. The number of aromatic nitrogens is 2. The summed E-state index contributed by atoms with van der Waals surface area (Å²) in [5, 5.41) is 4.34.